The second kappa shape index (κ2) is 11.5. The monoisotopic (exact) mass is 567 g/mol. The van der Waals surface area contributed by atoms with Crippen LogP contribution < -0.4 is 20.4 Å². The second-order valence-corrected chi connectivity index (χ2v) is 12.9. The van der Waals surface area contributed by atoms with Gasteiger partial charge < -0.3 is 19.2 Å². The Labute approximate surface area is 317 Å². The minimum absolute atomic E-state index is 0.570. The summed E-state index contributed by atoms with van der Waals surface area (Å²) in [6.07, 6.45) is 0. The molecule has 2 atom stereocenters. The van der Waals surface area contributed by atoms with Crippen molar-refractivity contribution in [3.05, 3.63) is 11.1 Å². The smallest absolute Gasteiger partial charge is 0.151 e. The van der Waals surface area contributed by atoms with E-state index in [4.69, 9.17) is 206 Å². The van der Waals surface area contributed by atoms with Crippen molar-refractivity contribution < 1.29 is 14.3 Å². The first kappa shape index (κ1) is 42.5. The molecule has 50 radical (unpaired) electrons. The van der Waals surface area contributed by atoms with E-state index < -0.39 is 104 Å². The van der Waals surface area contributed by atoms with E-state index in [0.717, 1.165) is 0 Å². The number of nitrogens with zero attached hydrogens (tertiary/aromatic N) is 1. The molecular formula is C19H2B25NO3. The van der Waals surface area contributed by atoms with Gasteiger partial charge >= 0.3 is 0 Å². The second-order valence-electron chi connectivity index (χ2n) is 12.9. The van der Waals surface area contributed by atoms with Gasteiger partial charge in [-0.05, 0) is 37.6 Å². The first-order valence-corrected chi connectivity index (χ1v) is 13.4. The summed E-state index contributed by atoms with van der Waals surface area (Å²) in [6, 6.07) is 0. The number of ketones is 1. The van der Waals surface area contributed by atoms with E-state index in [2.05, 4.69) is 0 Å². The average Bonchev–Trinajstić information content (AvgIpc) is 2.84. The van der Waals surface area contributed by atoms with E-state index in [0.29, 0.717) is 4.90 Å². The third kappa shape index (κ3) is 5.62. The lowest BCUT2D eigenvalue weighted by Gasteiger charge is -2.77. The Morgan fingerprint density at radius 3 is 1.25 bits per heavy atom. The number of ether oxygens (including phenoxy) is 2. The molecule has 4 nitrogen and oxygen atoms in total. The number of carbonyl (C=O) groups is 1. The maximum atomic E-state index is 14.6. The fourth-order valence-electron chi connectivity index (χ4n) is 6.28. The normalized spacial score (nSPS) is 26.0. The van der Waals surface area contributed by atoms with Crippen LogP contribution in [0.2, 0.25) is 31.3 Å². The van der Waals surface area contributed by atoms with Crippen LogP contribution in [0.25, 0.3) is 0 Å². The number of hydrogen-bond acceptors (Lipinski definition) is 4. The van der Waals surface area contributed by atoms with E-state index >= 15 is 0 Å². The van der Waals surface area contributed by atoms with Crippen LogP contribution in [0.4, 0.5) is 0 Å². The zero-order valence-electron chi connectivity index (χ0n) is 25.8. The van der Waals surface area contributed by atoms with Crippen LogP contribution in [0.15, 0.2) is 0 Å². The van der Waals surface area contributed by atoms with Gasteiger partial charge in [-0.3, -0.25) is 0 Å². The van der Waals surface area contributed by atoms with Gasteiger partial charge in [0.1, 0.15) is 76.4 Å². The number of benzene rings is 1. The van der Waals surface area contributed by atoms with Crippen LogP contribution in [0.3, 0.4) is 0 Å². The van der Waals surface area contributed by atoms with Crippen LogP contribution in [-0.4, -0.2) is 229 Å². The number of hydrogen-bond donors (Lipinski definition) is 0. The van der Waals surface area contributed by atoms with Gasteiger partial charge in [0, 0.05) is 12.0 Å². The third-order valence-corrected chi connectivity index (χ3v) is 8.95. The highest BCUT2D eigenvalue weighted by molar-refractivity contribution is 6.73. The Hall–Kier alpha value is 0.0734. The molecule has 2 aliphatic heterocycles. The maximum absolute atomic E-state index is 14.6. The number of piperidine rings is 1. The molecule has 1 aromatic rings. The molecule has 0 bridgehead atoms. The van der Waals surface area contributed by atoms with Crippen molar-refractivity contribution in [2.45, 2.75) is 57.9 Å². The Balaban J connectivity index is 2.60. The van der Waals surface area contributed by atoms with Crippen molar-refractivity contribution in [1.29, 1.82) is 0 Å². The lowest BCUT2D eigenvalue weighted by Crippen LogP contribution is -2.82. The summed E-state index contributed by atoms with van der Waals surface area (Å²) in [5, 5.41) is -28.3. The fourth-order valence-corrected chi connectivity index (χ4v) is 6.28. The van der Waals surface area contributed by atoms with Gasteiger partial charge in [0.2, 0.25) is 0 Å². The minimum atomic E-state index is -3.12. The molecule has 0 aliphatic carbocycles. The summed E-state index contributed by atoms with van der Waals surface area (Å²) in [5.41, 5.74) is -5.36. The summed E-state index contributed by atoms with van der Waals surface area (Å²) in [4.78, 5) is 15.3. The van der Waals surface area contributed by atoms with Crippen LogP contribution in [0.1, 0.15) is 11.1 Å². The Kier molecular flexibility index (Phi) is 10.2. The first-order chi connectivity index (χ1) is 20.7. The quantitative estimate of drug-likeness (QED) is 0.296. The highest BCUT2D eigenvalue weighted by Crippen LogP contribution is 2.76. The SMILES string of the molecule is [B]c1c(OC([B])([B])[B])c(OC([B])([B])[B])c([B])c2c1C([B])([B])C([B])([B])N1CC([B])(C([B])([B])C([B])(C([B])([B])[B])C([B])([B])[B])C(=O)C([B])([B])C21[B]. The number of rotatable bonds is 8. The number of fused-ring (bicyclic) bond motifs is 3. The molecule has 48 heavy (non-hydrogen) atoms. The van der Waals surface area contributed by atoms with Gasteiger partial charge in [-0.1, -0.05) is 21.3 Å². The van der Waals surface area contributed by atoms with Crippen LogP contribution in [0, 0.1) is 0 Å². The lowest BCUT2D eigenvalue weighted by atomic mass is 9.04. The van der Waals surface area contributed by atoms with Gasteiger partial charge in [-0.25, -0.2) is 0 Å². The zero-order valence-corrected chi connectivity index (χ0v) is 25.8. The summed E-state index contributed by atoms with van der Waals surface area (Å²) in [6.45, 7) is -1.14. The molecule has 0 N–H and O–H groups in total. The largest absolute Gasteiger partial charge is 0.513 e. The predicted molar refractivity (Wildman–Crippen MR) is 210 cm³/mol. The molecule has 176 valence electrons. The zero-order chi connectivity index (χ0) is 38.2. The summed E-state index contributed by atoms with van der Waals surface area (Å²) < 4.78 is 10.8. The van der Waals surface area contributed by atoms with Crippen molar-refractivity contribution in [3.63, 3.8) is 0 Å². The molecule has 2 aliphatic rings. The Morgan fingerprint density at radius 2 is 0.917 bits per heavy atom. The van der Waals surface area contributed by atoms with E-state index in [1.165, 1.54) is 0 Å². The van der Waals surface area contributed by atoms with Crippen molar-refractivity contribution in [1.82, 2.24) is 4.90 Å². The number of carbonyl (C=O) groups excluding carboxylic acids is 1. The van der Waals surface area contributed by atoms with Crippen LogP contribution >= 0.6 is 0 Å². The van der Waals surface area contributed by atoms with Crippen molar-refractivity contribution in [2.24, 2.45) is 0 Å². The molecule has 29 heteroatoms. The Morgan fingerprint density at radius 1 is 0.562 bits per heavy atom. The van der Waals surface area contributed by atoms with Gasteiger partial charge in [0.15, 0.2) is 11.5 Å². The molecule has 0 spiro atoms. The molecule has 1 aromatic carbocycles. The van der Waals surface area contributed by atoms with Gasteiger partial charge in [-0.2, -0.15) is 0 Å². The third-order valence-electron chi connectivity index (χ3n) is 8.95. The number of Topliss-reactive ketones (excluding diaryl/α,β-unsaturated/α-hetero) is 1. The summed E-state index contributed by atoms with van der Waals surface area (Å²) >= 11 is 0. The van der Waals surface area contributed by atoms with E-state index in [-0.39, 0.29) is 0 Å². The van der Waals surface area contributed by atoms with E-state index in [9.17, 15) is 4.79 Å². The molecule has 0 amide bonds. The molecule has 1 saturated heterocycles. The lowest BCUT2D eigenvalue weighted by molar-refractivity contribution is -0.133. The summed E-state index contributed by atoms with van der Waals surface area (Å²) in [7, 11) is 155. The summed E-state index contributed by atoms with van der Waals surface area (Å²) in [5.74, 6) is -2.98. The topological polar surface area (TPSA) is 38.8 Å². The van der Waals surface area contributed by atoms with E-state index in [1.54, 1.807) is 0 Å². The molecule has 0 aromatic heterocycles. The predicted octanol–water partition coefficient (Wildman–Crippen LogP) is -10.3. The van der Waals surface area contributed by atoms with Crippen LogP contribution in [-0.2, 0) is 15.4 Å². The molecule has 3 rings (SSSR count). The van der Waals surface area contributed by atoms with Crippen molar-refractivity contribution in [2.75, 3.05) is 6.54 Å². The molecule has 2 heterocycles. The first-order valence-electron chi connectivity index (χ1n) is 13.4. The molecule has 1 fully saturated rings. The molecule has 2 unspecified atom stereocenters. The Bertz CT molecular complexity index is 1490. The van der Waals surface area contributed by atoms with Gasteiger partial charge in [0.05, 0.1) is 126 Å². The molecule has 0 saturated carbocycles. The van der Waals surface area contributed by atoms with Crippen LogP contribution in [0.5, 0.6) is 11.5 Å². The van der Waals surface area contributed by atoms with Crippen molar-refractivity contribution in [3.8, 4) is 11.5 Å². The van der Waals surface area contributed by atoms with Gasteiger partial charge in [0.25, 0.3) is 0 Å². The fraction of sp³-hybridized carbons (Fsp3) is 0.632. The van der Waals surface area contributed by atoms with Crippen molar-refractivity contribution >= 4 is 213 Å². The molecular weight excluding hydrogens is 561 g/mol. The minimum Gasteiger partial charge on any atom is -0.513 e. The highest BCUT2D eigenvalue weighted by atomic mass is 16.5. The average molecular weight is 563 g/mol. The highest BCUT2D eigenvalue weighted by Gasteiger charge is 2.71. The maximum Gasteiger partial charge on any atom is 0.151 e. The van der Waals surface area contributed by atoms with Gasteiger partial charge in [-0.15, -0.1) is 15.5 Å². The van der Waals surface area contributed by atoms with E-state index in [1.807, 2.05) is 0 Å². The standard InChI is InChI=1S/C19H2B25NO3/c20-4-2-3(5(21)7(48-19(42,43)44)6(4)47-18(39,40)41)12(27)11(25,26)8(46)9(22,1-45(12)17(37,38)10(2,23)24)14(29,30)13(28,15(31,32)33)16(34,35)36/h1H2.